The first kappa shape index (κ1) is 21.4. The zero-order chi connectivity index (χ0) is 21.6. The number of rotatable bonds is 7. The third-order valence-electron chi connectivity index (χ3n) is 5.63. The molecule has 2 aromatic carbocycles. The number of carbonyl (C=O) groups excluding carboxylic acids is 1. The largest absolute Gasteiger partial charge is 0.370 e. The second kappa shape index (κ2) is 10.0. The number of carbonyl (C=O) groups is 1. The summed E-state index contributed by atoms with van der Waals surface area (Å²) < 4.78 is 2.07. The fraction of sp³-hybridized carbons (Fsp3) is 0.375. The molecule has 1 fully saturated rings. The lowest BCUT2D eigenvalue weighted by atomic mass is 10.1. The molecule has 0 unspecified atom stereocenters. The fourth-order valence-electron chi connectivity index (χ4n) is 4.01. The number of aryl methyl sites for hydroxylation is 1. The van der Waals surface area contributed by atoms with Crippen molar-refractivity contribution in [2.45, 2.75) is 44.8 Å². The molecule has 0 saturated carbocycles. The quantitative estimate of drug-likeness (QED) is 0.530. The van der Waals surface area contributed by atoms with Crippen molar-refractivity contribution < 1.29 is 4.79 Å². The Bertz CT molecular complexity index is 1040. The molecule has 1 aliphatic heterocycles. The van der Waals surface area contributed by atoms with Crippen LogP contribution in [-0.2, 0) is 11.3 Å². The Morgan fingerprint density at radius 2 is 1.77 bits per heavy atom. The lowest BCUT2D eigenvalue weighted by molar-refractivity contribution is -0.113. The van der Waals surface area contributed by atoms with Crippen LogP contribution in [-0.4, -0.2) is 39.5 Å². The van der Waals surface area contributed by atoms with Gasteiger partial charge >= 0.3 is 0 Å². The Morgan fingerprint density at radius 3 is 2.55 bits per heavy atom. The van der Waals surface area contributed by atoms with Gasteiger partial charge in [0.05, 0.1) is 17.1 Å². The summed E-state index contributed by atoms with van der Waals surface area (Å²) in [5.41, 5.74) is 4.23. The van der Waals surface area contributed by atoms with Gasteiger partial charge in [0.25, 0.3) is 0 Å². The van der Waals surface area contributed by atoms with Crippen molar-refractivity contribution >= 4 is 29.0 Å². The van der Waals surface area contributed by atoms with Gasteiger partial charge in [0.1, 0.15) is 0 Å². The molecule has 3 aromatic rings. The summed E-state index contributed by atoms with van der Waals surface area (Å²) in [6.07, 6.45) is 3.69. The number of anilines is 2. The van der Waals surface area contributed by atoms with Gasteiger partial charge in [0.15, 0.2) is 11.0 Å². The molecule has 0 bridgehead atoms. The maximum absolute atomic E-state index is 12.7. The van der Waals surface area contributed by atoms with Gasteiger partial charge in [-0.25, -0.2) is 0 Å². The van der Waals surface area contributed by atoms with Crippen molar-refractivity contribution in [1.82, 2.24) is 14.8 Å². The summed E-state index contributed by atoms with van der Waals surface area (Å²) >= 11 is 1.43. The summed E-state index contributed by atoms with van der Waals surface area (Å²) in [7, 11) is 0. The molecule has 2 heterocycles. The summed E-state index contributed by atoms with van der Waals surface area (Å²) in [5, 5.41) is 12.6. The van der Waals surface area contributed by atoms with E-state index in [1.165, 1.54) is 31.0 Å². The van der Waals surface area contributed by atoms with Gasteiger partial charge in [-0.3, -0.25) is 4.79 Å². The molecule has 1 aromatic heterocycles. The van der Waals surface area contributed by atoms with E-state index >= 15 is 0 Å². The van der Waals surface area contributed by atoms with Crippen LogP contribution >= 0.6 is 11.8 Å². The summed E-state index contributed by atoms with van der Waals surface area (Å²) in [5.74, 6) is 1.11. The zero-order valence-corrected chi connectivity index (χ0v) is 19.0. The number of hydrogen-bond acceptors (Lipinski definition) is 5. The van der Waals surface area contributed by atoms with Crippen LogP contribution in [0.2, 0.25) is 0 Å². The van der Waals surface area contributed by atoms with Crippen LogP contribution in [0.1, 0.15) is 31.7 Å². The van der Waals surface area contributed by atoms with Crippen LogP contribution in [0.15, 0.2) is 53.7 Å². The van der Waals surface area contributed by atoms with Crippen LogP contribution in [0.25, 0.3) is 11.4 Å². The van der Waals surface area contributed by atoms with E-state index in [2.05, 4.69) is 57.0 Å². The summed E-state index contributed by atoms with van der Waals surface area (Å²) in [4.78, 5) is 15.1. The minimum absolute atomic E-state index is 0.0300. The molecule has 31 heavy (non-hydrogen) atoms. The lowest BCUT2D eigenvalue weighted by Gasteiger charge is -2.30. The van der Waals surface area contributed by atoms with E-state index in [0.29, 0.717) is 5.75 Å². The fourth-order valence-corrected chi connectivity index (χ4v) is 4.81. The van der Waals surface area contributed by atoms with E-state index < -0.39 is 0 Å². The van der Waals surface area contributed by atoms with Crippen LogP contribution in [0.3, 0.4) is 0 Å². The number of piperidine rings is 1. The molecule has 0 radical (unpaired) electrons. The highest BCUT2D eigenvalue weighted by molar-refractivity contribution is 7.99. The zero-order valence-electron chi connectivity index (χ0n) is 18.2. The predicted octanol–water partition coefficient (Wildman–Crippen LogP) is 4.99. The minimum Gasteiger partial charge on any atom is -0.370 e. The van der Waals surface area contributed by atoms with Gasteiger partial charge in [-0.1, -0.05) is 48.2 Å². The standard InChI is InChI=1S/C24H29N5OS/c1-3-29-23(19-12-6-5-11-18(19)2)26-27-24(29)31-17-22(30)25-20-13-7-8-14-21(20)28-15-9-4-10-16-28/h5-8,11-14H,3-4,9-10,15-17H2,1-2H3,(H,25,30). The number of hydrogen-bond donors (Lipinski definition) is 1. The Kier molecular flexibility index (Phi) is 6.92. The van der Waals surface area contributed by atoms with Crippen LogP contribution in [0, 0.1) is 6.92 Å². The molecule has 1 amide bonds. The number of amides is 1. The third kappa shape index (κ3) is 4.93. The molecule has 4 rings (SSSR count). The van der Waals surface area contributed by atoms with Gasteiger partial charge in [-0.15, -0.1) is 10.2 Å². The lowest BCUT2D eigenvalue weighted by Crippen LogP contribution is -2.30. The molecule has 0 aliphatic carbocycles. The molecule has 1 saturated heterocycles. The molecule has 1 aliphatic rings. The second-order valence-corrected chi connectivity index (χ2v) is 8.71. The Morgan fingerprint density at radius 1 is 1.03 bits per heavy atom. The summed E-state index contributed by atoms with van der Waals surface area (Å²) in [6.45, 7) is 6.98. The molecule has 6 nitrogen and oxygen atoms in total. The first-order chi connectivity index (χ1) is 15.2. The molecule has 0 atom stereocenters. The number of nitrogens with one attached hydrogen (secondary N) is 1. The molecule has 7 heteroatoms. The van der Waals surface area contributed by atoms with Crippen molar-refractivity contribution in [3.8, 4) is 11.4 Å². The summed E-state index contributed by atoms with van der Waals surface area (Å²) in [6, 6.07) is 16.2. The maximum Gasteiger partial charge on any atom is 0.234 e. The topological polar surface area (TPSA) is 63.1 Å². The predicted molar refractivity (Wildman–Crippen MR) is 128 cm³/mol. The molecule has 0 spiro atoms. The average Bonchev–Trinajstić information content (AvgIpc) is 3.21. The molecule has 162 valence electrons. The Labute approximate surface area is 188 Å². The van der Waals surface area contributed by atoms with Gasteiger partial charge in [-0.05, 0) is 50.8 Å². The Hall–Kier alpha value is -2.80. The third-order valence-corrected chi connectivity index (χ3v) is 6.59. The maximum atomic E-state index is 12.7. The smallest absolute Gasteiger partial charge is 0.234 e. The van der Waals surface area contributed by atoms with E-state index in [9.17, 15) is 4.79 Å². The molecular formula is C24H29N5OS. The first-order valence-corrected chi connectivity index (χ1v) is 11.9. The van der Waals surface area contributed by atoms with E-state index in [1.807, 2.05) is 30.3 Å². The normalized spacial score (nSPS) is 13.9. The van der Waals surface area contributed by atoms with E-state index in [-0.39, 0.29) is 5.91 Å². The van der Waals surface area contributed by atoms with Crippen molar-refractivity contribution in [2.75, 3.05) is 29.1 Å². The number of thioether (sulfide) groups is 1. The van der Waals surface area contributed by atoms with Crippen LogP contribution in [0.5, 0.6) is 0 Å². The van der Waals surface area contributed by atoms with Crippen molar-refractivity contribution in [2.24, 2.45) is 0 Å². The average molecular weight is 436 g/mol. The Balaban J connectivity index is 1.44. The van der Waals surface area contributed by atoms with Crippen molar-refractivity contribution in [1.29, 1.82) is 0 Å². The number of benzene rings is 2. The van der Waals surface area contributed by atoms with E-state index in [0.717, 1.165) is 53.1 Å². The number of nitrogens with zero attached hydrogens (tertiary/aromatic N) is 4. The van der Waals surface area contributed by atoms with Gasteiger partial charge in [-0.2, -0.15) is 0 Å². The van der Waals surface area contributed by atoms with Gasteiger partial charge < -0.3 is 14.8 Å². The second-order valence-electron chi connectivity index (χ2n) is 7.77. The van der Waals surface area contributed by atoms with Gasteiger partial charge in [0.2, 0.25) is 5.91 Å². The van der Waals surface area contributed by atoms with Crippen molar-refractivity contribution in [3.05, 3.63) is 54.1 Å². The van der Waals surface area contributed by atoms with Gasteiger partial charge in [0, 0.05) is 25.2 Å². The highest BCUT2D eigenvalue weighted by atomic mass is 32.2. The first-order valence-electron chi connectivity index (χ1n) is 10.9. The highest BCUT2D eigenvalue weighted by Crippen LogP contribution is 2.29. The van der Waals surface area contributed by atoms with Crippen LogP contribution < -0.4 is 10.2 Å². The number of para-hydroxylation sites is 2. The minimum atomic E-state index is -0.0300. The molecular weight excluding hydrogens is 406 g/mol. The highest BCUT2D eigenvalue weighted by Gasteiger charge is 2.18. The SMILES string of the molecule is CCn1c(SCC(=O)Nc2ccccc2N2CCCCC2)nnc1-c1ccccc1C. The van der Waals surface area contributed by atoms with Crippen LogP contribution in [0.4, 0.5) is 11.4 Å². The number of aromatic nitrogens is 3. The molecule has 1 N–H and O–H groups in total. The van der Waals surface area contributed by atoms with E-state index in [1.54, 1.807) is 0 Å². The monoisotopic (exact) mass is 435 g/mol. The van der Waals surface area contributed by atoms with Crippen molar-refractivity contribution in [3.63, 3.8) is 0 Å². The van der Waals surface area contributed by atoms with E-state index in [4.69, 9.17) is 0 Å².